The van der Waals surface area contributed by atoms with Crippen molar-refractivity contribution in [2.75, 3.05) is 11.9 Å². The summed E-state index contributed by atoms with van der Waals surface area (Å²) in [5, 5.41) is 4.53. The minimum absolute atomic E-state index is 0.187. The number of amides is 1. The fraction of sp³-hybridized carbons (Fsp3) is 0.238. The van der Waals surface area contributed by atoms with Crippen LogP contribution in [0.25, 0.3) is 0 Å². The van der Waals surface area contributed by atoms with Gasteiger partial charge in [-0.05, 0) is 48.7 Å². The third kappa shape index (κ3) is 4.21. The normalized spacial score (nSPS) is 14.0. The summed E-state index contributed by atoms with van der Waals surface area (Å²) in [4.78, 5) is 20.6. The third-order valence-electron chi connectivity index (χ3n) is 4.72. The minimum atomic E-state index is -0.187. The molecule has 1 amide bonds. The molecule has 1 aliphatic heterocycles. The molecule has 0 saturated heterocycles. The lowest BCUT2D eigenvalue weighted by Crippen LogP contribution is -2.29. The van der Waals surface area contributed by atoms with E-state index in [0.717, 1.165) is 36.8 Å². The highest BCUT2D eigenvalue weighted by Crippen LogP contribution is 2.26. The lowest BCUT2D eigenvalue weighted by atomic mass is 9.99. The Hall–Kier alpha value is -2.21. The lowest BCUT2D eigenvalue weighted by Gasteiger charge is -2.28. The van der Waals surface area contributed by atoms with Crippen LogP contribution in [0.2, 0.25) is 5.02 Å². The first-order valence-corrected chi connectivity index (χ1v) is 10.1. The number of aryl methyl sites for hydroxylation is 1. The first kappa shape index (κ1) is 18.2. The van der Waals surface area contributed by atoms with E-state index in [9.17, 15) is 4.79 Å². The van der Waals surface area contributed by atoms with Gasteiger partial charge in [-0.2, -0.15) is 0 Å². The summed E-state index contributed by atoms with van der Waals surface area (Å²) >= 11 is 7.88. The molecule has 4 nitrogen and oxygen atoms in total. The summed E-state index contributed by atoms with van der Waals surface area (Å²) in [5.74, 6) is -0.187. The SMILES string of the molecule is Cc1ncc(CN2CCc3ccc(NC(=O)c4ccccc4Cl)cc3C2)s1. The molecule has 1 aromatic heterocycles. The first-order valence-electron chi connectivity index (χ1n) is 8.90. The van der Waals surface area contributed by atoms with Gasteiger partial charge in [-0.25, -0.2) is 4.98 Å². The van der Waals surface area contributed by atoms with E-state index in [-0.39, 0.29) is 5.91 Å². The molecule has 0 fully saturated rings. The van der Waals surface area contributed by atoms with Crippen molar-refractivity contribution in [3.63, 3.8) is 0 Å². The second kappa shape index (κ2) is 7.80. The zero-order valence-electron chi connectivity index (χ0n) is 15.0. The van der Waals surface area contributed by atoms with E-state index in [1.807, 2.05) is 31.3 Å². The van der Waals surface area contributed by atoms with Crippen molar-refractivity contribution in [1.29, 1.82) is 0 Å². The number of halogens is 1. The van der Waals surface area contributed by atoms with Crippen LogP contribution in [0.5, 0.6) is 0 Å². The molecule has 0 radical (unpaired) electrons. The Bertz CT molecular complexity index is 985. The number of benzene rings is 2. The van der Waals surface area contributed by atoms with E-state index in [2.05, 4.69) is 27.3 Å². The van der Waals surface area contributed by atoms with E-state index in [0.29, 0.717) is 10.6 Å². The fourth-order valence-electron chi connectivity index (χ4n) is 3.37. The largest absolute Gasteiger partial charge is 0.322 e. The summed E-state index contributed by atoms with van der Waals surface area (Å²) in [6.07, 6.45) is 2.99. The van der Waals surface area contributed by atoms with Crippen molar-refractivity contribution in [3.05, 3.63) is 80.3 Å². The van der Waals surface area contributed by atoms with Crippen molar-refractivity contribution < 1.29 is 4.79 Å². The number of anilines is 1. The number of hydrogen-bond donors (Lipinski definition) is 1. The molecule has 0 aliphatic carbocycles. The Morgan fingerprint density at radius 3 is 2.89 bits per heavy atom. The highest BCUT2D eigenvalue weighted by molar-refractivity contribution is 7.11. The van der Waals surface area contributed by atoms with Gasteiger partial charge in [0, 0.05) is 36.4 Å². The maximum Gasteiger partial charge on any atom is 0.257 e. The van der Waals surface area contributed by atoms with E-state index in [1.165, 1.54) is 16.0 Å². The summed E-state index contributed by atoms with van der Waals surface area (Å²) < 4.78 is 0. The summed E-state index contributed by atoms with van der Waals surface area (Å²) in [7, 11) is 0. The standard InChI is InChI=1S/C21H20ClN3OS/c1-14-23-11-18(27-14)13-25-9-8-15-6-7-17(10-16(15)12-25)24-21(26)19-4-2-3-5-20(19)22/h2-7,10-11H,8-9,12-13H2,1H3,(H,24,26). The predicted octanol–water partition coefficient (Wildman–Crippen LogP) is 4.92. The van der Waals surface area contributed by atoms with Gasteiger partial charge in [0.15, 0.2) is 0 Å². The monoisotopic (exact) mass is 397 g/mol. The van der Waals surface area contributed by atoms with Gasteiger partial charge in [0.1, 0.15) is 0 Å². The summed E-state index contributed by atoms with van der Waals surface area (Å²) in [5.41, 5.74) is 3.90. The van der Waals surface area contributed by atoms with Crippen molar-refractivity contribution in [3.8, 4) is 0 Å². The number of hydrogen-bond acceptors (Lipinski definition) is 4. The van der Waals surface area contributed by atoms with Crippen LogP contribution in [0.15, 0.2) is 48.7 Å². The van der Waals surface area contributed by atoms with Gasteiger partial charge in [-0.1, -0.05) is 29.8 Å². The molecule has 0 unspecified atom stereocenters. The predicted molar refractivity (Wildman–Crippen MR) is 111 cm³/mol. The Kier molecular flexibility index (Phi) is 5.25. The molecule has 1 aliphatic rings. The van der Waals surface area contributed by atoms with Gasteiger partial charge in [0.05, 0.1) is 15.6 Å². The zero-order chi connectivity index (χ0) is 18.8. The molecule has 2 heterocycles. The topological polar surface area (TPSA) is 45.2 Å². The zero-order valence-corrected chi connectivity index (χ0v) is 16.6. The van der Waals surface area contributed by atoms with Crippen LogP contribution in [0, 0.1) is 6.92 Å². The smallest absolute Gasteiger partial charge is 0.257 e. The maximum atomic E-state index is 12.5. The molecule has 27 heavy (non-hydrogen) atoms. The average molecular weight is 398 g/mol. The molecule has 0 spiro atoms. The number of rotatable bonds is 4. The molecule has 0 saturated carbocycles. The van der Waals surface area contributed by atoms with Crippen molar-refractivity contribution in [2.24, 2.45) is 0 Å². The van der Waals surface area contributed by atoms with Gasteiger partial charge in [0.2, 0.25) is 0 Å². The molecule has 1 N–H and O–H groups in total. The van der Waals surface area contributed by atoms with Crippen molar-refractivity contribution in [2.45, 2.75) is 26.4 Å². The van der Waals surface area contributed by atoms with Crippen LogP contribution in [0.4, 0.5) is 5.69 Å². The molecule has 3 aromatic rings. The minimum Gasteiger partial charge on any atom is -0.322 e. The van der Waals surface area contributed by atoms with Gasteiger partial charge < -0.3 is 5.32 Å². The van der Waals surface area contributed by atoms with Gasteiger partial charge in [-0.3, -0.25) is 9.69 Å². The van der Waals surface area contributed by atoms with Crippen LogP contribution in [0.1, 0.15) is 31.4 Å². The average Bonchev–Trinajstić information content (AvgIpc) is 3.06. The maximum absolute atomic E-state index is 12.5. The van der Waals surface area contributed by atoms with Crippen LogP contribution >= 0.6 is 22.9 Å². The molecule has 2 aromatic carbocycles. The Morgan fingerprint density at radius 1 is 1.26 bits per heavy atom. The van der Waals surface area contributed by atoms with Crippen LogP contribution in [-0.2, 0) is 19.5 Å². The van der Waals surface area contributed by atoms with Crippen LogP contribution in [0.3, 0.4) is 0 Å². The second-order valence-corrected chi connectivity index (χ2v) is 8.45. The Morgan fingerprint density at radius 2 is 2.11 bits per heavy atom. The number of nitrogens with one attached hydrogen (secondary N) is 1. The van der Waals surface area contributed by atoms with E-state index < -0.39 is 0 Å². The van der Waals surface area contributed by atoms with Crippen molar-refractivity contribution in [1.82, 2.24) is 9.88 Å². The summed E-state index contributed by atoms with van der Waals surface area (Å²) in [6, 6.07) is 13.2. The number of carbonyl (C=O) groups excluding carboxylic acids is 1. The lowest BCUT2D eigenvalue weighted by molar-refractivity contribution is 0.102. The first-order chi connectivity index (χ1) is 13.1. The fourth-order valence-corrected chi connectivity index (χ4v) is 4.43. The van der Waals surface area contributed by atoms with Crippen LogP contribution < -0.4 is 5.32 Å². The molecule has 6 heteroatoms. The van der Waals surface area contributed by atoms with Gasteiger partial charge in [0.25, 0.3) is 5.91 Å². The number of nitrogens with zero attached hydrogens (tertiary/aromatic N) is 2. The number of thiazole rings is 1. The molecular weight excluding hydrogens is 378 g/mol. The van der Waals surface area contributed by atoms with Crippen LogP contribution in [-0.4, -0.2) is 22.3 Å². The van der Waals surface area contributed by atoms with Gasteiger partial charge >= 0.3 is 0 Å². The molecule has 138 valence electrons. The number of carbonyl (C=O) groups is 1. The highest BCUT2D eigenvalue weighted by Gasteiger charge is 2.18. The van der Waals surface area contributed by atoms with E-state index >= 15 is 0 Å². The molecule has 0 atom stereocenters. The molecule has 0 bridgehead atoms. The Balaban J connectivity index is 1.47. The van der Waals surface area contributed by atoms with Crippen molar-refractivity contribution >= 4 is 34.5 Å². The Labute approximate surface area is 167 Å². The number of fused-ring (bicyclic) bond motifs is 1. The van der Waals surface area contributed by atoms with E-state index in [1.54, 1.807) is 23.5 Å². The number of aromatic nitrogens is 1. The second-order valence-electron chi connectivity index (χ2n) is 6.72. The quantitative estimate of drug-likeness (QED) is 0.679. The molecule has 4 rings (SSSR count). The summed E-state index contributed by atoms with van der Waals surface area (Å²) in [6.45, 7) is 4.87. The molecular formula is C21H20ClN3OS. The van der Waals surface area contributed by atoms with E-state index in [4.69, 9.17) is 11.6 Å². The third-order valence-corrected chi connectivity index (χ3v) is 5.95. The highest BCUT2D eigenvalue weighted by atomic mass is 35.5. The van der Waals surface area contributed by atoms with Gasteiger partial charge in [-0.15, -0.1) is 11.3 Å².